The van der Waals surface area contributed by atoms with Crippen molar-refractivity contribution in [2.75, 3.05) is 5.32 Å². The summed E-state index contributed by atoms with van der Waals surface area (Å²) in [6.07, 6.45) is 1.83. The smallest absolute Gasteiger partial charge is 0.299 e. The summed E-state index contributed by atoms with van der Waals surface area (Å²) in [6, 6.07) is 13.1. The molecule has 0 saturated carbocycles. The van der Waals surface area contributed by atoms with Crippen molar-refractivity contribution in [3.8, 4) is 11.3 Å². The average molecular weight is 353 g/mol. The third kappa shape index (κ3) is 3.51. The fourth-order valence-electron chi connectivity index (χ4n) is 2.63. The molecule has 0 unspecified atom stereocenters. The Morgan fingerprint density at radius 2 is 1.81 bits per heavy atom. The molecule has 0 aliphatic heterocycles. The Kier molecular flexibility index (Phi) is 4.61. The van der Waals surface area contributed by atoms with Crippen molar-refractivity contribution in [3.63, 3.8) is 0 Å². The van der Waals surface area contributed by atoms with Gasteiger partial charge in [-0.25, -0.2) is 0 Å². The number of aryl methyl sites for hydroxylation is 1. The summed E-state index contributed by atoms with van der Waals surface area (Å²) in [7, 11) is 1.80. The Bertz CT molecular complexity index is 969. The molecule has 0 saturated heterocycles. The number of non-ortho nitro benzene ring substituents is 1. The number of hydrogen-bond acceptors (Lipinski definition) is 6. The lowest BCUT2D eigenvalue weighted by Gasteiger charge is -2.07. The summed E-state index contributed by atoms with van der Waals surface area (Å²) < 4.78 is 1.67. The van der Waals surface area contributed by atoms with Crippen LogP contribution in [0.3, 0.4) is 0 Å². The van der Waals surface area contributed by atoms with Gasteiger partial charge in [-0.05, 0) is 6.07 Å². The van der Waals surface area contributed by atoms with E-state index in [0.717, 1.165) is 22.9 Å². The van der Waals surface area contributed by atoms with E-state index in [0.29, 0.717) is 0 Å². The monoisotopic (exact) mass is 353 g/mol. The van der Waals surface area contributed by atoms with Crippen molar-refractivity contribution in [3.05, 3.63) is 80.5 Å². The lowest BCUT2D eigenvalue weighted by Crippen LogP contribution is -2.03. The first-order chi connectivity index (χ1) is 12.5. The molecule has 0 fully saturated rings. The van der Waals surface area contributed by atoms with Gasteiger partial charge in [-0.3, -0.25) is 24.9 Å². The standard InChI is InChI=1S/C17H15N5O4/c1-20-11-13(17(19-20)12-5-3-2-4-6-12)10-18-15-8-7-14(21(23)24)9-16(15)22(25)26/h2-9,11,18H,10H2,1H3. The van der Waals surface area contributed by atoms with Gasteiger partial charge < -0.3 is 5.32 Å². The number of nitro benzene ring substituents is 2. The molecular formula is C17H15N5O4. The van der Waals surface area contributed by atoms with Crippen LogP contribution in [0.25, 0.3) is 11.3 Å². The van der Waals surface area contributed by atoms with Crippen LogP contribution in [0.15, 0.2) is 54.7 Å². The second-order valence-corrected chi connectivity index (χ2v) is 5.61. The number of aromatic nitrogens is 2. The van der Waals surface area contributed by atoms with Crippen molar-refractivity contribution in [1.29, 1.82) is 0 Å². The van der Waals surface area contributed by atoms with Crippen molar-refractivity contribution < 1.29 is 9.85 Å². The minimum Gasteiger partial charge on any atom is -0.375 e. The zero-order valence-corrected chi connectivity index (χ0v) is 13.8. The van der Waals surface area contributed by atoms with E-state index in [2.05, 4.69) is 10.4 Å². The van der Waals surface area contributed by atoms with Crippen LogP contribution in [0.1, 0.15) is 5.56 Å². The van der Waals surface area contributed by atoms with Crippen LogP contribution in [-0.4, -0.2) is 19.6 Å². The van der Waals surface area contributed by atoms with E-state index in [1.807, 2.05) is 36.5 Å². The van der Waals surface area contributed by atoms with Crippen LogP contribution in [0, 0.1) is 20.2 Å². The number of anilines is 1. The predicted molar refractivity (Wildman–Crippen MR) is 95.7 cm³/mol. The van der Waals surface area contributed by atoms with E-state index >= 15 is 0 Å². The molecule has 3 rings (SSSR count). The highest BCUT2D eigenvalue weighted by atomic mass is 16.6. The molecule has 1 heterocycles. The molecule has 0 spiro atoms. The van der Waals surface area contributed by atoms with Crippen molar-refractivity contribution in [2.45, 2.75) is 6.54 Å². The molecule has 132 valence electrons. The zero-order valence-electron chi connectivity index (χ0n) is 13.8. The molecule has 1 N–H and O–H groups in total. The van der Waals surface area contributed by atoms with Gasteiger partial charge in [0.2, 0.25) is 0 Å². The highest BCUT2D eigenvalue weighted by Crippen LogP contribution is 2.30. The zero-order chi connectivity index (χ0) is 18.7. The highest BCUT2D eigenvalue weighted by molar-refractivity contribution is 5.67. The van der Waals surface area contributed by atoms with Crippen LogP contribution >= 0.6 is 0 Å². The molecule has 0 aliphatic carbocycles. The number of benzene rings is 2. The molecule has 9 heteroatoms. The maximum atomic E-state index is 11.2. The third-order valence-corrected chi connectivity index (χ3v) is 3.81. The summed E-state index contributed by atoms with van der Waals surface area (Å²) >= 11 is 0. The summed E-state index contributed by atoms with van der Waals surface area (Å²) in [5.74, 6) is 0. The van der Waals surface area contributed by atoms with Gasteiger partial charge in [0, 0.05) is 37.0 Å². The summed E-state index contributed by atoms with van der Waals surface area (Å²) in [6.45, 7) is 0.288. The SMILES string of the molecule is Cn1cc(CNc2ccc([N+](=O)[O-])cc2[N+](=O)[O-])c(-c2ccccc2)n1. The lowest BCUT2D eigenvalue weighted by atomic mass is 10.1. The summed E-state index contributed by atoms with van der Waals surface area (Å²) in [5.41, 5.74) is 2.10. The fraction of sp³-hybridized carbons (Fsp3) is 0.118. The van der Waals surface area contributed by atoms with Gasteiger partial charge in [0.25, 0.3) is 11.4 Å². The van der Waals surface area contributed by atoms with E-state index in [4.69, 9.17) is 0 Å². The second-order valence-electron chi connectivity index (χ2n) is 5.61. The molecule has 0 radical (unpaired) electrons. The minimum absolute atomic E-state index is 0.212. The summed E-state index contributed by atoms with van der Waals surface area (Å²) in [4.78, 5) is 20.7. The van der Waals surface area contributed by atoms with Gasteiger partial charge in [0.05, 0.1) is 21.6 Å². The number of nitrogens with zero attached hydrogens (tertiary/aromatic N) is 4. The molecule has 26 heavy (non-hydrogen) atoms. The molecule has 0 atom stereocenters. The van der Waals surface area contributed by atoms with Gasteiger partial charge in [-0.15, -0.1) is 0 Å². The topological polar surface area (TPSA) is 116 Å². The van der Waals surface area contributed by atoms with Gasteiger partial charge in [0.1, 0.15) is 5.69 Å². The van der Waals surface area contributed by atoms with Crippen LogP contribution in [0.4, 0.5) is 17.1 Å². The Hall–Kier alpha value is -3.75. The number of rotatable bonds is 6. The van der Waals surface area contributed by atoms with E-state index in [1.54, 1.807) is 11.7 Å². The largest absolute Gasteiger partial charge is 0.375 e. The number of nitro groups is 2. The minimum atomic E-state index is -0.661. The third-order valence-electron chi connectivity index (χ3n) is 3.81. The highest BCUT2D eigenvalue weighted by Gasteiger charge is 2.20. The van der Waals surface area contributed by atoms with E-state index in [-0.39, 0.29) is 23.6 Å². The Balaban J connectivity index is 1.88. The van der Waals surface area contributed by atoms with Crippen molar-refractivity contribution >= 4 is 17.1 Å². The summed E-state index contributed by atoms with van der Waals surface area (Å²) in [5, 5.41) is 29.5. The number of hydrogen-bond donors (Lipinski definition) is 1. The van der Waals surface area contributed by atoms with Gasteiger partial charge in [-0.2, -0.15) is 5.10 Å². The van der Waals surface area contributed by atoms with Gasteiger partial charge in [0.15, 0.2) is 0 Å². The normalized spacial score (nSPS) is 10.5. The second kappa shape index (κ2) is 7.01. The first kappa shape index (κ1) is 17.1. The molecule has 0 aliphatic rings. The Morgan fingerprint density at radius 3 is 2.46 bits per heavy atom. The maximum Gasteiger partial charge on any atom is 0.299 e. The quantitative estimate of drug-likeness (QED) is 0.535. The van der Waals surface area contributed by atoms with E-state index < -0.39 is 9.85 Å². The molecule has 3 aromatic rings. The van der Waals surface area contributed by atoms with Crippen LogP contribution in [0.5, 0.6) is 0 Å². The van der Waals surface area contributed by atoms with Crippen LogP contribution in [0.2, 0.25) is 0 Å². The van der Waals surface area contributed by atoms with Crippen LogP contribution in [-0.2, 0) is 13.6 Å². The first-order valence-corrected chi connectivity index (χ1v) is 7.70. The molecule has 0 amide bonds. The van der Waals surface area contributed by atoms with E-state index in [9.17, 15) is 20.2 Å². The van der Waals surface area contributed by atoms with Crippen molar-refractivity contribution in [1.82, 2.24) is 9.78 Å². The predicted octanol–water partition coefficient (Wildman–Crippen LogP) is 3.52. The van der Waals surface area contributed by atoms with Crippen LogP contribution < -0.4 is 5.32 Å². The van der Waals surface area contributed by atoms with Gasteiger partial charge in [-0.1, -0.05) is 30.3 Å². The molecular weight excluding hydrogens is 338 g/mol. The van der Waals surface area contributed by atoms with Crippen molar-refractivity contribution in [2.24, 2.45) is 7.05 Å². The Labute approximate surface area is 148 Å². The fourth-order valence-corrected chi connectivity index (χ4v) is 2.63. The first-order valence-electron chi connectivity index (χ1n) is 7.70. The maximum absolute atomic E-state index is 11.2. The van der Waals surface area contributed by atoms with E-state index in [1.165, 1.54) is 12.1 Å². The van der Waals surface area contributed by atoms with Gasteiger partial charge >= 0.3 is 0 Å². The average Bonchev–Trinajstić information content (AvgIpc) is 3.01. The Morgan fingerprint density at radius 1 is 1.08 bits per heavy atom. The number of nitrogens with one attached hydrogen (secondary N) is 1. The lowest BCUT2D eigenvalue weighted by molar-refractivity contribution is -0.393. The molecule has 9 nitrogen and oxygen atoms in total. The molecule has 0 bridgehead atoms. The molecule has 1 aromatic heterocycles. The molecule has 2 aromatic carbocycles.